The minimum atomic E-state index is -0.909. The molecule has 7 heteroatoms. The third-order valence-corrected chi connectivity index (χ3v) is 4.00. The van der Waals surface area contributed by atoms with Gasteiger partial charge in [-0.15, -0.1) is 0 Å². The molecule has 7 nitrogen and oxygen atoms in total. The highest BCUT2D eigenvalue weighted by atomic mass is 16.5. The van der Waals surface area contributed by atoms with Gasteiger partial charge in [0.2, 0.25) is 5.91 Å². The van der Waals surface area contributed by atoms with E-state index in [-0.39, 0.29) is 31.8 Å². The lowest BCUT2D eigenvalue weighted by molar-refractivity contribution is -0.167. The molecule has 0 saturated carbocycles. The van der Waals surface area contributed by atoms with Crippen LogP contribution in [0.4, 0.5) is 0 Å². The SMILES string of the molecule is CC(C)N1C(=O)CO[C@H](C(=O)NC(CO)CO)[C@H]1c1ccccc1. The number of aliphatic hydroxyl groups excluding tert-OH is 2. The van der Waals surface area contributed by atoms with Crippen LogP contribution >= 0.6 is 0 Å². The van der Waals surface area contributed by atoms with Gasteiger partial charge in [-0.25, -0.2) is 0 Å². The molecule has 0 aromatic heterocycles. The number of aliphatic hydroxyl groups is 2. The Morgan fingerprint density at radius 1 is 1.29 bits per heavy atom. The molecule has 132 valence electrons. The molecule has 1 saturated heterocycles. The van der Waals surface area contributed by atoms with Crippen molar-refractivity contribution in [2.75, 3.05) is 19.8 Å². The summed E-state index contributed by atoms with van der Waals surface area (Å²) in [6.07, 6.45) is -0.909. The van der Waals surface area contributed by atoms with Gasteiger partial charge in [0.25, 0.3) is 5.91 Å². The van der Waals surface area contributed by atoms with Crippen LogP contribution in [0.25, 0.3) is 0 Å². The fourth-order valence-corrected chi connectivity index (χ4v) is 2.87. The number of carbonyl (C=O) groups is 2. The van der Waals surface area contributed by atoms with Crippen molar-refractivity contribution in [3.8, 4) is 0 Å². The maximum Gasteiger partial charge on any atom is 0.252 e. The first-order valence-electron chi connectivity index (χ1n) is 7.99. The quantitative estimate of drug-likeness (QED) is 0.670. The summed E-state index contributed by atoms with van der Waals surface area (Å²) in [5.41, 5.74) is 0.795. The van der Waals surface area contributed by atoms with Gasteiger partial charge in [-0.2, -0.15) is 0 Å². The maximum atomic E-state index is 12.6. The van der Waals surface area contributed by atoms with E-state index in [1.54, 1.807) is 4.90 Å². The van der Waals surface area contributed by atoms with Gasteiger partial charge in [-0.05, 0) is 19.4 Å². The normalized spacial score (nSPS) is 21.4. The Bertz CT molecular complexity index is 559. The lowest BCUT2D eigenvalue weighted by Gasteiger charge is -2.43. The molecule has 0 radical (unpaired) electrons. The van der Waals surface area contributed by atoms with Crippen LogP contribution in [0.5, 0.6) is 0 Å². The lowest BCUT2D eigenvalue weighted by atomic mass is 9.95. The summed E-state index contributed by atoms with van der Waals surface area (Å²) in [4.78, 5) is 26.5. The molecular weight excluding hydrogens is 312 g/mol. The smallest absolute Gasteiger partial charge is 0.252 e. The monoisotopic (exact) mass is 336 g/mol. The summed E-state index contributed by atoms with van der Waals surface area (Å²) >= 11 is 0. The molecule has 0 bridgehead atoms. The molecule has 1 heterocycles. The van der Waals surface area contributed by atoms with E-state index in [1.807, 2.05) is 44.2 Å². The Morgan fingerprint density at radius 2 is 1.92 bits per heavy atom. The summed E-state index contributed by atoms with van der Waals surface area (Å²) in [5, 5.41) is 20.9. The third kappa shape index (κ3) is 3.92. The average molecular weight is 336 g/mol. The molecule has 2 amide bonds. The molecular formula is C17H24N2O5. The maximum absolute atomic E-state index is 12.6. The fraction of sp³-hybridized carbons (Fsp3) is 0.529. The number of hydrogen-bond donors (Lipinski definition) is 3. The Morgan fingerprint density at radius 3 is 2.46 bits per heavy atom. The summed E-state index contributed by atoms with van der Waals surface area (Å²) in [5.74, 6) is -0.640. The van der Waals surface area contributed by atoms with E-state index in [0.29, 0.717) is 0 Å². The van der Waals surface area contributed by atoms with Crippen molar-refractivity contribution in [2.24, 2.45) is 0 Å². The molecule has 1 aliphatic rings. The number of ether oxygens (including phenoxy) is 1. The van der Waals surface area contributed by atoms with E-state index in [0.717, 1.165) is 5.56 Å². The highest BCUT2D eigenvalue weighted by molar-refractivity contribution is 5.86. The minimum absolute atomic E-state index is 0.103. The highest BCUT2D eigenvalue weighted by Crippen LogP contribution is 2.32. The minimum Gasteiger partial charge on any atom is -0.394 e. The molecule has 0 unspecified atom stereocenters. The second-order valence-electron chi connectivity index (χ2n) is 6.05. The molecule has 1 aromatic carbocycles. The van der Waals surface area contributed by atoms with E-state index in [4.69, 9.17) is 14.9 Å². The van der Waals surface area contributed by atoms with Crippen molar-refractivity contribution in [2.45, 2.75) is 38.1 Å². The zero-order valence-corrected chi connectivity index (χ0v) is 13.9. The topological polar surface area (TPSA) is 99.1 Å². The fourth-order valence-electron chi connectivity index (χ4n) is 2.87. The second kappa shape index (κ2) is 8.23. The number of nitrogens with one attached hydrogen (secondary N) is 1. The Kier molecular flexibility index (Phi) is 6.30. The van der Waals surface area contributed by atoms with Gasteiger partial charge in [0.1, 0.15) is 6.61 Å². The molecule has 0 aliphatic carbocycles. The van der Waals surface area contributed by atoms with Crippen molar-refractivity contribution in [1.29, 1.82) is 0 Å². The van der Waals surface area contributed by atoms with Crippen LogP contribution in [0.1, 0.15) is 25.5 Å². The molecule has 2 atom stereocenters. The molecule has 0 spiro atoms. The van der Waals surface area contributed by atoms with E-state index >= 15 is 0 Å². The van der Waals surface area contributed by atoms with Gasteiger partial charge in [0.15, 0.2) is 6.10 Å². The first-order chi connectivity index (χ1) is 11.5. The van der Waals surface area contributed by atoms with Crippen LogP contribution in [0, 0.1) is 0 Å². The number of nitrogens with zero attached hydrogens (tertiary/aromatic N) is 1. The van der Waals surface area contributed by atoms with Crippen molar-refractivity contribution in [3.63, 3.8) is 0 Å². The van der Waals surface area contributed by atoms with E-state index in [2.05, 4.69) is 5.32 Å². The predicted octanol–water partition coefficient (Wildman–Crippen LogP) is -0.167. The van der Waals surface area contributed by atoms with Gasteiger partial charge < -0.3 is 25.2 Å². The van der Waals surface area contributed by atoms with Gasteiger partial charge in [-0.3, -0.25) is 9.59 Å². The lowest BCUT2D eigenvalue weighted by Crippen LogP contribution is -2.57. The molecule has 3 N–H and O–H groups in total. The van der Waals surface area contributed by atoms with Gasteiger partial charge >= 0.3 is 0 Å². The van der Waals surface area contributed by atoms with Gasteiger partial charge in [0.05, 0.1) is 25.3 Å². The summed E-state index contributed by atoms with van der Waals surface area (Å²) < 4.78 is 5.52. The van der Waals surface area contributed by atoms with Gasteiger partial charge in [0, 0.05) is 6.04 Å². The van der Waals surface area contributed by atoms with Crippen LogP contribution in [0.15, 0.2) is 30.3 Å². The summed E-state index contributed by atoms with van der Waals surface area (Å²) in [6.45, 7) is 2.84. The predicted molar refractivity (Wildman–Crippen MR) is 87.0 cm³/mol. The van der Waals surface area contributed by atoms with Crippen LogP contribution in [-0.4, -0.2) is 64.9 Å². The number of benzene rings is 1. The van der Waals surface area contributed by atoms with Crippen LogP contribution in [-0.2, 0) is 14.3 Å². The van der Waals surface area contributed by atoms with E-state index < -0.39 is 24.1 Å². The summed E-state index contributed by atoms with van der Waals surface area (Å²) in [7, 11) is 0. The average Bonchev–Trinajstić information content (AvgIpc) is 2.59. The number of carbonyl (C=O) groups excluding carboxylic acids is 2. The van der Waals surface area contributed by atoms with Crippen LogP contribution in [0.2, 0.25) is 0 Å². The number of hydrogen-bond acceptors (Lipinski definition) is 5. The Hall–Kier alpha value is -1.96. The zero-order chi connectivity index (χ0) is 17.7. The standard InChI is InChI=1S/C17H24N2O5/c1-11(2)19-14(22)10-24-16(17(23)18-13(8-20)9-21)15(19)12-6-4-3-5-7-12/h3-7,11,13,15-16,20-21H,8-10H2,1-2H3,(H,18,23)/t15-,16+/m1/s1. The van der Waals surface area contributed by atoms with E-state index in [9.17, 15) is 9.59 Å². The molecule has 1 aromatic rings. The first kappa shape index (κ1) is 18.4. The largest absolute Gasteiger partial charge is 0.394 e. The Labute approximate surface area is 141 Å². The third-order valence-electron chi connectivity index (χ3n) is 4.00. The van der Waals surface area contributed by atoms with Crippen LogP contribution < -0.4 is 5.32 Å². The molecule has 24 heavy (non-hydrogen) atoms. The van der Waals surface area contributed by atoms with Crippen molar-refractivity contribution >= 4 is 11.8 Å². The molecule has 1 aliphatic heterocycles. The number of morpholine rings is 1. The molecule has 1 fully saturated rings. The van der Waals surface area contributed by atoms with Crippen molar-refractivity contribution in [3.05, 3.63) is 35.9 Å². The number of rotatable bonds is 6. The van der Waals surface area contributed by atoms with E-state index in [1.165, 1.54) is 0 Å². The zero-order valence-electron chi connectivity index (χ0n) is 13.9. The highest BCUT2D eigenvalue weighted by Gasteiger charge is 2.43. The van der Waals surface area contributed by atoms with Crippen LogP contribution in [0.3, 0.4) is 0 Å². The van der Waals surface area contributed by atoms with Gasteiger partial charge in [-0.1, -0.05) is 30.3 Å². The Balaban J connectivity index is 2.33. The van der Waals surface area contributed by atoms with Crippen molar-refractivity contribution in [1.82, 2.24) is 10.2 Å². The number of amides is 2. The summed E-state index contributed by atoms with van der Waals surface area (Å²) in [6, 6.07) is 7.80. The molecule has 2 rings (SSSR count). The first-order valence-corrected chi connectivity index (χ1v) is 7.99. The second-order valence-corrected chi connectivity index (χ2v) is 6.05. The van der Waals surface area contributed by atoms with Crippen molar-refractivity contribution < 1.29 is 24.5 Å².